The van der Waals surface area contributed by atoms with E-state index in [4.69, 9.17) is 0 Å². The average molecular weight is 389 g/mol. The fourth-order valence-corrected chi connectivity index (χ4v) is 3.73. The minimum absolute atomic E-state index is 0.0347. The molecule has 1 N–H and O–H groups in total. The van der Waals surface area contributed by atoms with Gasteiger partial charge in [-0.05, 0) is 13.8 Å². The van der Waals surface area contributed by atoms with Crippen molar-refractivity contribution in [2.24, 2.45) is 0 Å². The SMILES string of the molecule is Cc1cc2ncc(C(=O)N3CCn4nc(-c5ccccc5)nc4[C@@H]3C)c(=O)n2[nH]1. The topological polar surface area (TPSA) is 101 Å². The van der Waals surface area contributed by atoms with Crippen LogP contribution in [0.5, 0.6) is 0 Å². The molecule has 3 aromatic heterocycles. The van der Waals surface area contributed by atoms with Crippen LogP contribution in [0, 0.1) is 6.92 Å². The van der Waals surface area contributed by atoms with Crippen LogP contribution in [0.2, 0.25) is 0 Å². The summed E-state index contributed by atoms with van der Waals surface area (Å²) in [6, 6.07) is 11.2. The van der Waals surface area contributed by atoms with E-state index in [1.165, 1.54) is 10.7 Å². The maximum atomic E-state index is 13.2. The summed E-state index contributed by atoms with van der Waals surface area (Å²) in [6.45, 7) is 4.69. The van der Waals surface area contributed by atoms with Gasteiger partial charge < -0.3 is 4.90 Å². The predicted octanol–water partition coefficient (Wildman–Crippen LogP) is 1.81. The lowest BCUT2D eigenvalue weighted by molar-refractivity contribution is 0.0628. The number of aryl methyl sites for hydroxylation is 1. The predicted molar refractivity (Wildman–Crippen MR) is 105 cm³/mol. The van der Waals surface area contributed by atoms with Crippen molar-refractivity contribution < 1.29 is 4.79 Å². The molecule has 0 unspecified atom stereocenters. The Kier molecular flexibility index (Phi) is 3.83. The Morgan fingerprint density at radius 3 is 2.79 bits per heavy atom. The first kappa shape index (κ1) is 17.4. The average Bonchev–Trinajstić information content (AvgIpc) is 3.33. The molecule has 1 atom stereocenters. The van der Waals surface area contributed by atoms with Crippen LogP contribution < -0.4 is 5.56 Å². The number of hydrogen-bond acceptors (Lipinski definition) is 5. The van der Waals surface area contributed by atoms with Crippen LogP contribution in [0.3, 0.4) is 0 Å². The van der Waals surface area contributed by atoms with E-state index >= 15 is 0 Å². The van der Waals surface area contributed by atoms with Gasteiger partial charge in [-0.3, -0.25) is 14.7 Å². The van der Waals surface area contributed by atoms with Gasteiger partial charge in [0.25, 0.3) is 11.5 Å². The summed E-state index contributed by atoms with van der Waals surface area (Å²) in [4.78, 5) is 36.5. The van der Waals surface area contributed by atoms with Gasteiger partial charge in [-0.1, -0.05) is 30.3 Å². The molecule has 29 heavy (non-hydrogen) atoms. The molecule has 9 nitrogen and oxygen atoms in total. The van der Waals surface area contributed by atoms with Gasteiger partial charge in [-0.2, -0.15) is 5.10 Å². The zero-order valence-electron chi connectivity index (χ0n) is 16.0. The number of aromatic amines is 1. The van der Waals surface area contributed by atoms with Crippen LogP contribution in [-0.2, 0) is 6.54 Å². The summed E-state index contributed by atoms with van der Waals surface area (Å²) in [5.74, 6) is 0.979. The fraction of sp³-hybridized carbons (Fsp3) is 0.250. The molecule has 1 aliphatic rings. The lowest BCUT2D eigenvalue weighted by Crippen LogP contribution is -2.43. The molecule has 0 fully saturated rings. The third-order valence-electron chi connectivity index (χ3n) is 5.24. The molecule has 0 radical (unpaired) electrons. The van der Waals surface area contributed by atoms with E-state index in [2.05, 4.69) is 20.2 Å². The van der Waals surface area contributed by atoms with Gasteiger partial charge in [0.2, 0.25) is 0 Å². The van der Waals surface area contributed by atoms with Crippen molar-refractivity contribution in [3.8, 4) is 11.4 Å². The number of hydrogen-bond donors (Lipinski definition) is 1. The second-order valence-electron chi connectivity index (χ2n) is 7.17. The lowest BCUT2D eigenvalue weighted by Gasteiger charge is -2.32. The molecule has 1 aliphatic heterocycles. The number of carbonyl (C=O) groups excluding carboxylic acids is 1. The number of carbonyl (C=O) groups is 1. The van der Waals surface area contributed by atoms with E-state index in [-0.39, 0.29) is 17.5 Å². The van der Waals surface area contributed by atoms with E-state index in [0.717, 1.165) is 11.3 Å². The molecule has 4 aromatic rings. The van der Waals surface area contributed by atoms with Gasteiger partial charge in [0.1, 0.15) is 11.4 Å². The Morgan fingerprint density at radius 2 is 2.00 bits per heavy atom. The van der Waals surface area contributed by atoms with Gasteiger partial charge in [-0.25, -0.2) is 19.2 Å². The quantitative estimate of drug-likeness (QED) is 0.563. The summed E-state index contributed by atoms with van der Waals surface area (Å²) in [6.07, 6.45) is 1.36. The second kappa shape index (κ2) is 6.40. The maximum Gasteiger partial charge on any atom is 0.285 e. The highest BCUT2D eigenvalue weighted by Crippen LogP contribution is 2.27. The van der Waals surface area contributed by atoms with Crippen molar-refractivity contribution in [3.05, 3.63) is 70.0 Å². The number of H-pyrrole nitrogens is 1. The monoisotopic (exact) mass is 389 g/mol. The molecule has 1 aromatic carbocycles. The largest absolute Gasteiger partial charge is 0.327 e. The number of amides is 1. The standard InChI is InChI=1S/C20H19N7O2/c1-12-10-16-21-11-15(20(29)27(16)23-12)19(28)25-8-9-26-18(13(25)2)22-17(24-26)14-6-4-3-5-7-14/h3-7,10-11,13,23H,8-9H2,1-2H3/t13-/m0/s1. The van der Waals surface area contributed by atoms with Gasteiger partial charge in [0.15, 0.2) is 11.5 Å². The highest BCUT2D eigenvalue weighted by Gasteiger charge is 2.32. The van der Waals surface area contributed by atoms with E-state index in [1.807, 2.05) is 48.9 Å². The number of nitrogens with zero attached hydrogens (tertiary/aromatic N) is 6. The lowest BCUT2D eigenvalue weighted by atomic mass is 10.1. The Labute approximate surface area is 165 Å². The number of benzene rings is 1. The highest BCUT2D eigenvalue weighted by atomic mass is 16.2. The Balaban J connectivity index is 1.49. The van der Waals surface area contributed by atoms with Crippen molar-refractivity contribution in [1.29, 1.82) is 0 Å². The normalized spacial score (nSPS) is 16.2. The van der Waals surface area contributed by atoms with Crippen molar-refractivity contribution in [3.63, 3.8) is 0 Å². The maximum absolute atomic E-state index is 13.2. The van der Waals surface area contributed by atoms with E-state index < -0.39 is 5.56 Å². The van der Waals surface area contributed by atoms with Gasteiger partial charge >= 0.3 is 0 Å². The molecule has 0 aliphatic carbocycles. The Hall–Kier alpha value is -3.75. The van der Waals surface area contributed by atoms with Crippen LogP contribution in [0.4, 0.5) is 0 Å². The smallest absolute Gasteiger partial charge is 0.285 e. The number of fused-ring (bicyclic) bond motifs is 2. The van der Waals surface area contributed by atoms with Crippen LogP contribution in [0.25, 0.3) is 17.0 Å². The van der Waals surface area contributed by atoms with Crippen LogP contribution in [0.15, 0.2) is 47.4 Å². The molecular formula is C20H19N7O2. The first-order valence-electron chi connectivity index (χ1n) is 9.41. The van der Waals surface area contributed by atoms with Gasteiger partial charge in [-0.15, -0.1) is 0 Å². The van der Waals surface area contributed by atoms with Crippen LogP contribution >= 0.6 is 0 Å². The van der Waals surface area contributed by atoms with E-state index in [0.29, 0.717) is 30.4 Å². The van der Waals surface area contributed by atoms with Crippen LogP contribution in [0.1, 0.15) is 34.8 Å². The number of nitrogens with one attached hydrogen (secondary N) is 1. The minimum atomic E-state index is -0.405. The molecule has 0 bridgehead atoms. The molecule has 4 heterocycles. The summed E-state index contributed by atoms with van der Waals surface area (Å²) in [5.41, 5.74) is 1.84. The van der Waals surface area contributed by atoms with Crippen molar-refractivity contribution in [1.82, 2.24) is 34.3 Å². The summed E-state index contributed by atoms with van der Waals surface area (Å²) >= 11 is 0. The van der Waals surface area contributed by atoms with Gasteiger partial charge in [0.05, 0.1) is 12.6 Å². The number of aromatic nitrogens is 6. The fourth-order valence-electron chi connectivity index (χ4n) is 3.73. The zero-order valence-corrected chi connectivity index (χ0v) is 16.0. The summed E-state index contributed by atoms with van der Waals surface area (Å²) < 4.78 is 3.13. The highest BCUT2D eigenvalue weighted by molar-refractivity contribution is 5.94. The third-order valence-corrected chi connectivity index (χ3v) is 5.24. The Morgan fingerprint density at radius 1 is 1.21 bits per heavy atom. The molecule has 9 heteroatoms. The Bertz CT molecular complexity index is 1290. The number of rotatable bonds is 2. The van der Waals surface area contributed by atoms with Crippen molar-refractivity contribution in [2.75, 3.05) is 6.54 Å². The summed E-state index contributed by atoms with van der Waals surface area (Å²) in [7, 11) is 0. The molecule has 1 amide bonds. The van der Waals surface area contributed by atoms with Crippen LogP contribution in [-0.4, -0.2) is 46.7 Å². The van der Waals surface area contributed by atoms with Crippen molar-refractivity contribution >= 4 is 11.6 Å². The van der Waals surface area contributed by atoms with Gasteiger partial charge in [0, 0.05) is 30.1 Å². The third kappa shape index (κ3) is 2.74. The molecule has 5 rings (SSSR count). The summed E-state index contributed by atoms with van der Waals surface area (Å²) in [5, 5.41) is 7.50. The molecule has 146 valence electrons. The first-order valence-corrected chi connectivity index (χ1v) is 9.41. The second-order valence-corrected chi connectivity index (χ2v) is 7.17. The molecule has 0 saturated heterocycles. The molecule has 0 spiro atoms. The molecule has 0 saturated carbocycles. The first-order chi connectivity index (χ1) is 14.0. The zero-order chi connectivity index (χ0) is 20.1. The minimum Gasteiger partial charge on any atom is -0.327 e. The van der Waals surface area contributed by atoms with E-state index in [9.17, 15) is 9.59 Å². The van der Waals surface area contributed by atoms with E-state index in [1.54, 1.807) is 11.0 Å². The molecular weight excluding hydrogens is 370 g/mol. The van der Waals surface area contributed by atoms with Crippen molar-refractivity contribution in [2.45, 2.75) is 26.4 Å².